The summed E-state index contributed by atoms with van der Waals surface area (Å²) in [5.41, 5.74) is 1.23. The Bertz CT molecular complexity index is 516. The summed E-state index contributed by atoms with van der Waals surface area (Å²) in [6.45, 7) is 9.33. The smallest absolute Gasteiger partial charge is 0.191 e. The third-order valence-corrected chi connectivity index (χ3v) is 4.94. The fraction of sp³-hybridized carbons (Fsp3) is 0.667. The SMILES string of the molecule is CN=C(NCCCCOCc1ccccc1)NC1CCN(C(C)C)CC1.I. The first kappa shape index (κ1) is 24.2. The van der Waals surface area contributed by atoms with E-state index in [0.29, 0.717) is 18.7 Å². The Balaban J connectivity index is 0.00000364. The molecule has 1 fully saturated rings. The lowest BCUT2D eigenvalue weighted by molar-refractivity contribution is 0.117. The maximum Gasteiger partial charge on any atom is 0.191 e. The molecule has 0 aliphatic carbocycles. The summed E-state index contributed by atoms with van der Waals surface area (Å²) in [5.74, 6) is 0.929. The number of aliphatic imine (C=N–C) groups is 1. The summed E-state index contributed by atoms with van der Waals surface area (Å²) in [6.07, 6.45) is 4.52. The van der Waals surface area contributed by atoms with Crippen molar-refractivity contribution in [1.29, 1.82) is 0 Å². The average Bonchev–Trinajstić information content (AvgIpc) is 2.67. The number of nitrogens with one attached hydrogen (secondary N) is 2. The zero-order valence-corrected chi connectivity index (χ0v) is 19.4. The van der Waals surface area contributed by atoms with E-state index in [0.717, 1.165) is 32.0 Å². The van der Waals surface area contributed by atoms with Crippen molar-refractivity contribution >= 4 is 29.9 Å². The summed E-state index contributed by atoms with van der Waals surface area (Å²) in [5, 5.41) is 7.00. The Kier molecular flexibility index (Phi) is 12.7. The van der Waals surface area contributed by atoms with Gasteiger partial charge in [0.25, 0.3) is 0 Å². The molecule has 1 aromatic carbocycles. The minimum Gasteiger partial charge on any atom is -0.377 e. The largest absolute Gasteiger partial charge is 0.377 e. The second kappa shape index (κ2) is 14.2. The van der Waals surface area contributed by atoms with Crippen LogP contribution in [0.2, 0.25) is 0 Å². The normalized spacial score (nSPS) is 16.2. The Labute approximate surface area is 182 Å². The van der Waals surface area contributed by atoms with E-state index in [4.69, 9.17) is 4.74 Å². The first-order valence-electron chi connectivity index (χ1n) is 10.0. The number of nitrogens with zero attached hydrogens (tertiary/aromatic N) is 2. The molecule has 0 amide bonds. The second-order valence-corrected chi connectivity index (χ2v) is 7.29. The van der Waals surface area contributed by atoms with E-state index < -0.39 is 0 Å². The monoisotopic (exact) mass is 488 g/mol. The van der Waals surface area contributed by atoms with Crippen LogP contribution in [0.25, 0.3) is 0 Å². The van der Waals surface area contributed by atoms with E-state index in [1.54, 1.807) is 0 Å². The molecule has 5 nitrogen and oxygen atoms in total. The average molecular weight is 488 g/mol. The number of ether oxygens (including phenoxy) is 1. The quantitative estimate of drug-likeness (QED) is 0.241. The molecule has 154 valence electrons. The highest BCUT2D eigenvalue weighted by atomic mass is 127. The van der Waals surface area contributed by atoms with Crippen LogP contribution in [0.3, 0.4) is 0 Å². The van der Waals surface area contributed by atoms with Gasteiger partial charge < -0.3 is 20.3 Å². The minimum absolute atomic E-state index is 0. The summed E-state index contributed by atoms with van der Waals surface area (Å²) >= 11 is 0. The Morgan fingerprint density at radius 2 is 1.89 bits per heavy atom. The number of guanidine groups is 1. The molecule has 2 rings (SSSR count). The van der Waals surface area contributed by atoms with Crippen LogP contribution >= 0.6 is 24.0 Å². The van der Waals surface area contributed by atoms with Crippen LogP contribution in [0.4, 0.5) is 0 Å². The van der Waals surface area contributed by atoms with Gasteiger partial charge in [-0.1, -0.05) is 30.3 Å². The summed E-state index contributed by atoms with van der Waals surface area (Å²) in [7, 11) is 1.85. The third-order valence-electron chi connectivity index (χ3n) is 4.94. The van der Waals surface area contributed by atoms with Crippen molar-refractivity contribution in [2.24, 2.45) is 4.99 Å². The van der Waals surface area contributed by atoms with Crippen LogP contribution in [0.5, 0.6) is 0 Å². The molecule has 6 heteroatoms. The predicted molar refractivity (Wildman–Crippen MR) is 125 cm³/mol. The first-order valence-corrected chi connectivity index (χ1v) is 10.0. The highest BCUT2D eigenvalue weighted by Gasteiger charge is 2.21. The van der Waals surface area contributed by atoms with Gasteiger partial charge in [0, 0.05) is 45.4 Å². The highest BCUT2D eigenvalue weighted by molar-refractivity contribution is 14.0. The van der Waals surface area contributed by atoms with Gasteiger partial charge >= 0.3 is 0 Å². The van der Waals surface area contributed by atoms with Crippen molar-refractivity contribution in [2.75, 3.05) is 33.3 Å². The van der Waals surface area contributed by atoms with Gasteiger partial charge in [-0.15, -0.1) is 24.0 Å². The van der Waals surface area contributed by atoms with Crippen molar-refractivity contribution in [3.63, 3.8) is 0 Å². The Morgan fingerprint density at radius 1 is 1.19 bits per heavy atom. The molecule has 1 aliphatic heterocycles. The van der Waals surface area contributed by atoms with Gasteiger partial charge in [-0.2, -0.15) is 0 Å². The molecular weight excluding hydrogens is 451 g/mol. The molecule has 1 heterocycles. The number of hydrogen-bond acceptors (Lipinski definition) is 3. The number of unbranched alkanes of at least 4 members (excludes halogenated alkanes) is 1. The van der Waals surface area contributed by atoms with Gasteiger partial charge in [0.1, 0.15) is 0 Å². The number of rotatable bonds is 9. The van der Waals surface area contributed by atoms with Crippen LogP contribution in [-0.2, 0) is 11.3 Å². The zero-order valence-electron chi connectivity index (χ0n) is 17.1. The van der Waals surface area contributed by atoms with E-state index in [1.165, 1.54) is 31.5 Å². The van der Waals surface area contributed by atoms with E-state index in [1.807, 2.05) is 25.2 Å². The number of piperidine rings is 1. The van der Waals surface area contributed by atoms with Crippen LogP contribution in [0.15, 0.2) is 35.3 Å². The maximum absolute atomic E-state index is 5.73. The van der Waals surface area contributed by atoms with Gasteiger partial charge in [0.15, 0.2) is 5.96 Å². The maximum atomic E-state index is 5.73. The topological polar surface area (TPSA) is 48.9 Å². The van der Waals surface area contributed by atoms with Crippen LogP contribution in [0.1, 0.15) is 45.1 Å². The fourth-order valence-electron chi connectivity index (χ4n) is 3.25. The zero-order chi connectivity index (χ0) is 18.6. The van der Waals surface area contributed by atoms with E-state index >= 15 is 0 Å². The lowest BCUT2D eigenvalue weighted by Gasteiger charge is -2.35. The molecule has 0 unspecified atom stereocenters. The van der Waals surface area contributed by atoms with Gasteiger partial charge in [-0.05, 0) is 45.1 Å². The number of likely N-dealkylation sites (tertiary alicyclic amines) is 1. The molecular formula is C21H37IN4O. The molecule has 0 spiro atoms. The summed E-state index contributed by atoms with van der Waals surface area (Å²) < 4.78 is 5.73. The summed E-state index contributed by atoms with van der Waals surface area (Å²) in [4.78, 5) is 6.90. The molecule has 0 saturated carbocycles. The molecule has 1 aromatic rings. The Morgan fingerprint density at radius 3 is 2.52 bits per heavy atom. The standard InChI is InChI=1S/C21H36N4O.HI/c1-18(2)25-14-11-20(12-15-25)24-21(22-3)23-13-7-8-16-26-17-19-9-5-4-6-10-19;/h4-6,9-10,18,20H,7-8,11-17H2,1-3H3,(H2,22,23,24);1H. The van der Waals surface area contributed by atoms with Gasteiger partial charge in [-0.25, -0.2) is 0 Å². The fourth-order valence-corrected chi connectivity index (χ4v) is 3.25. The Hall–Kier alpha value is -0.860. The second-order valence-electron chi connectivity index (χ2n) is 7.29. The molecule has 27 heavy (non-hydrogen) atoms. The lowest BCUT2D eigenvalue weighted by atomic mass is 10.0. The number of benzene rings is 1. The van der Waals surface area contributed by atoms with Crippen molar-refractivity contribution in [3.05, 3.63) is 35.9 Å². The van der Waals surface area contributed by atoms with Crippen molar-refractivity contribution in [2.45, 2.75) is 58.2 Å². The van der Waals surface area contributed by atoms with Gasteiger partial charge in [-0.3, -0.25) is 4.99 Å². The van der Waals surface area contributed by atoms with Crippen LogP contribution in [-0.4, -0.2) is 56.2 Å². The molecule has 0 bridgehead atoms. The van der Waals surface area contributed by atoms with Gasteiger partial charge in [0.2, 0.25) is 0 Å². The minimum atomic E-state index is 0. The van der Waals surface area contributed by atoms with Crippen LogP contribution < -0.4 is 10.6 Å². The van der Waals surface area contributed by atoms with E-state index in [-0.39, 0.29) is 24.0 Å². The highest BCUT2D eigenvalue weighted by Crippen LogP contribution is 2.12. The first-order chi connectivity index (χ1) is 12.7. The molecule has 1 saturated heterocycles. The molecule has 0 atom stereocenters. The van der Waals surface area contributed by atoms with Crippen molar-refractivity contribution in [3.8, 4) is 0 Å². The van der Waals surface area contributed by atoms with Crippen molar-refractivity contribution < 1.29 is 4.74 Å². The summed E-state index contributed by atoms with van der Waals surface area (Å²) in [6, 6.07) is 11.5. The van der Waals surface area contributed by atoms with E-state index in [9.17, 15) is 0 Å². The number of hydrogen-bond donors (Lipinski definition) is 2. The van der Waals surface area contributed by atoms with E-state index in [2.05, 4.69) is 46.5 Å². The number of halogens is 1. The van der Waals surface area contributed by atoms with Gasteiger partial charge in [0.05, 0.1) is 6.61 Å². The van der Waals surface area contributed by atoms with Crippen molar-refractivity contribution in [1.82, 2.24) is 15.5 Å². The molecule has 2 N–H and O–H groups in total. The molecule has 0 radical (unpaired) electrons. The van der Waals surface area contributed by atoms with Crippen LogP contribution in [0, 0.1) is 0 Å². The lowest BCUT2D eigenvalue weighted by Crippen LogP contribution is -2.49. The third kappa shape index (κ3) is 9.76. The predicted octanol–water partition coefficient (Wildman–Crippen LogP) is 3.64. The molecule has 0 aromatic heterocycles. The molecule has 1 aliphatic rings.